The quantitative estimate of drug-likeness (QED) is 0.223. The average Bonchev–Trinajstić information content (AvgIpc) is 2.89. The first kappa shape index (κ1) is 24.0. The second-order valence-electron chi connectivity index (χ2n) is 8.44. The number of rotatable bonds is 10. The molecule has 4 aromatic carbocycles. The number of carbonyl (C=O) groups excluding carboxylic acids is 1. The molecule has 0 atom stereocenters. The van der Waals surface area contributed by atoms with Crippen LogP contribution in [0.2, 0.25) is 0 Å². The van der Waals surface area contributed by atoms with Crippen molar-refractivity contribution in [1.29, 1.82) is 0 Å². The number of benzene rings is 4. The van der Waals surface area contributed by atoms with E-state index in [4.69, 9.17) is 9.47 Å². The topological polar surface area (TPSA) is 59.9 Å². The van der Waals surface area contributed by atoms with Crippen molar-refractivity contribution in [2.45, 2.75) is 32.8 Å². The van der Waals surface area contributed by atoms with Crippen LogP contribution in [-0.4, -0.2) is 19.2 Å². The maximum atomic E-state index is 12.1. The Morgan fingerprint density at radius 2 is 1.69 bits per heavy atom. The van der Waals surface area contributed by atoms with Crippen molar-refractivity contribution >= 4 is 22.9 Å². The average molecular weight is 467 g/mol. The van der Waals surface area contributed by atoms with Gasteiger partial charge in [0.15, 0.2) is 0 Å². The Morgan fingerprint density at radius 1 is 0.914 bits per heavy atom. The molecule has 0 bridgehead atoms. The molecule has 0 heterocycles. The van der Waals surface area contributed by atoms with Crippen LogP contribution < -0.4 is 14.9 Å². The fourth-order valence-electron chi connectivity index (χ4n) is 3.98. The first-order chi connectivity index (χ1) is 17.1. The van der Waals surface area contributed by atoms with Gasteiger partial charge in [-0.2, -0.15) is 5.10 Å². The molecule has 0 fully saturated rings. The standard InChI is InChI=1S/C30H30N2O3/c1-22-19-28(34-2)18-15-24(22)8-6-12-30(33)32-31-20-23-13-16-27(17-14-23)35-21-26-10-5-9-25-7-3-4-11-29(25)26/h3-5,7,9-11,13-20H,6,8,12,21H2,1-2H3,(H,32,33)/b31-20-. The number of carbonyl (C=O) groups is 1. The third-order valence-electron chi connectivity index (χ3n) is 5.96. The van der Waals surface area contributed by atoms with Crippen molar-refractivity contribution in [3.63, 3.8) is 0 Å². The molecule has 4 aromatic rings. The van der Waals surface area contributed by atoms with Gasteiger partial charge in [-0.1, -0.05) is 48.5 Å². The predicted molar refractivity (Wildman–Crippen MR) is 141 cm³/mol. The van der Waals surface area contributed by atoms with Crippen LogP contribution in [0.3, 0.4) is 0 Å². The van der Waals surface area contributed by atoms with E-state index < -0.39 is 0 Å². The van der Waals surface area contributed by atoms with Crippen LogP contribution in [-0.2, 0) is 17.8 Å². The summed E-state index contributed by atoms with van der Waals surface area (Å²) in [5.74, 6) is 1.54. The SMILES string of the molecule is COc1ccc(CCCC(=O)N/N=C\c2ccc(OCc3cccc4ccccc34)cc2)c(C)c1. The maximum absolute atomic E-state index is 12.1. The molecule has 5 heteroatoms. The van der Waals surface area contributed by atoms with Gasteiger partial charge in [-0.3, -0.25) is 4.79 Å². The van der Waals surface area contributed by atoms with Gasteiger partial charge in [-0.15, -0.1) is 0 Å². The lowest BCUT2D eigenvalue weighted by atomic mass is 10.0. The number of hydrazone groups is 1. The first-order valence-corrected chi connectivity index (χ1v) is 11.8. The molecule has 1 N–H and O–H groups in total. The predicted octanol–water partition coefficient (Wildman–Crippen LogP) is 6.21. The van der Waals surface area contributed by atoms with E-state index in [-0.39, 0.29) is 5.91 Å². The number of fused-ring (bicyclic) bond motifs is 1. The summed E-state index contributed by atoms with van der Waals surface area (Å²) in [5, 5.41) is 6.49. The number of hydrogen-bond acceptors (Lipinski definition) is 4. The molecule has 0 saturated carbocycles. The lowest BCUT2D eigenvalue weighted by Crippen LogP contribution is -2.17. The smallest absolute Gasteiger partial charge is 0.240 e. The number of hydrogen-bond donors (Lipinski definition) is 1. The van der Waals surface area contributed by atoms with Crippen LogP contribution in [0.15, 0.2) is 90.0 Å². The number of methoxy groups -OCH3 is 1. The van der Waals surface area contributed by atoms with E-state index in [0.29, 0.717) is 13.0 Å². The molecule has 5 nitrogen and oxygen atoms in total. The zero-order chi connectivity index (χ0) is 24.5. The third-order valence-corrected chi connectivity index (χ3v) is 5.96. The van der Waals surface area contributed by atoms with Crippen molar-refractivity contribution in [2.75, 3.05) is 7.11 Å². The van der Waals surface area contributed by atoms with Crippen LogP contribution in [0.1, 0.15) is 35.1 Å². The highest BCUT2D eigenvalue weighted by Crippen LogP contribution is 2.21. The third kappa shape index (κ3) is 6.70. The summed E-state index contributed by atoms with van der Waals surface area (Å²) in [6, 6.07) is 28.2. The number of nitrogens with one attached hydrogen (secondary N) is 1. The minimum absolute atomic E-state index is 0.0949. The van der Waals surface area contributed by atoms with E-state index in [1.54, 1.807) is 13.3 Å². The highest BCUT2D eigenvalue weighted by Gasteiger charge is 2.04. The molecule has 0 aliphatic rings. The summed E-state index contributed by atoms with van der Waals surface area (Å²) in [6.07, 6.45) is 3.66. The molecule has 0 radical (unpaired) electrons. The van der Waals surface area contributed by atoms with Crippen molar-refractivity contribution < 1.29 is 14.3 Å². The first-order valence-electron chi connectivity index (χ1n) is 11.8. The van der Waals surface area contributed by atoms with E-state index >= 15 is 0 Å². The fraction of sp³-hybridized carbons (Fsp3) is 0.200. The van der Waals surface area contributed by atoms with Gasteiger partial charge in [-0.25, -0.2) is 5.43 Å². The van der Waals surface area contributed by atoms with Crippen molar-refractivity contribution in [3.8, 4) is 11.5 Å². The second-order valence-corrected chi connectivity index (χ2v) is 8.44. The lowest BCUT2D eigenvalue weighted by Gasteiger charge is -2.09. The van der Waals surface area contributed by atoms with Gasteiger partial charge in [0.1, 0.15) is 18.1 Å². The summed E-state index contributed by atoms with van der Waals surface area (Å²) in [7, 11) is 1.66. The molecule has 178 valence electrons. The summed E-state index contributed by atoms with van der Waals surface area (Å²) >= 11 is 0. The largest absolute Gasteiger partial charge is 0.497 e. The highest BCUT2D eigenvalue weighted by atomic mass is 16.5. The van der Waals surface area contributed by atoms with E-state index in [0.717, 1.165) is 35.5 Å². The van der Waals surface area contributed by atoms with Gasteiger partial charge in [-0.05, 0) is 89.2 Å². The summed E-state index contributed by atoms with van der Waals surface area (Å²) in [5.41, 5.74) is 7.05. The Bertz CT molecular complexity index is 1310. The van der Waals surface area contributed by atoms with Crippen LogP contribution in [0.25, 0.3) is 10.8 Å². The Balaban J connectivity index is 1.21. The summed E-state index contributed by atoms with van der Waals surface area (Å²) in [4.78, 5) is 12.1. The van der Waals surface area contributed by atoms with Crippen molar-refractivity contribution in [1.82, 2.24) is 5.43 Å². The zero-order valence-corrected chi connectivity index (χ0v) is 20.2. The summed E-state index contributed by atoms with van der Waals surface area (Å²) in [6.45, 7) is 2.56. The van der Waals surface area contributed by atoms with Gasteiger partial charge >= 0.3 is 0 Å². The molecule has 0 saturated heterocycles. The molecule has 4 rings (SSSR count). The maximum Gasteiger partial charge on any atom is 0.240 e. The molecular weight excluding hydrogens is 436 g/mol. The number of nitrogens with zero attached hydrogens (tertiary/aromatic N) is 1. The molecule has 1 amide bonds. The fourth-order valence-corrected chi connectivity index (χ4v) is 3.98. The number of ether oxygens (including phenoxy) is 2. The minimum Gasteiger partial charge on any atom is -0.497 e. The van der Waals surface area contributed by atoms with E-state index in [9.17, 15) is 4.79 Å². The number of aryl methyl sites for hydroxylation is 2. The molecule has 0 unspecified atom stereocenters. The van der Waals surface area contributed by atoms with E-state index in [2.05, 4.69) is 53.8 Å². The molecule has 35 heavy (non-hydrogen) atoms. The molecule has 0 aromatic heterocycles. The van der Waals surface area contributed by atoms with Gasteiger partial charge in [0.05, 0.1) is 13.3 Å². The molecular formula is C30H30N2O3. The van der Waals surface area contributed by atoms with Crippen LogP contribution in [0.5, 0.6) is 11.5 Å². The van der Waals surface area contributed by atoms with E-state index in [1.165, 1.54) is 21.9 Å². The zero-order valence-electron chi connectivity index (χ0n) is 20.2. The van der Waals surface area contributed by atoms with Gasteiger partial charge in [0.2, 0.25) is 5.91 Å². The monoisotopic (exact) mass is 466 g/mol. The van der Waals surface area contributed by atoms with E-state index in [1.807, 2.05) is 48.5 Å². The summed E-state index contributed by atoms with van der Waals surface area (Å²) < 4.78 is 11.2. The normalized spacial score (nSPS) is 11.0. The molecule has 0 aliphatic carbocycles. The van der Waals surface area contributed by atoms with Crippen LogP contribution in [0, 0.1) is 6.92 Å². The Hall–Kier alpha value is -4.12. The van der Waals surface area contributed by atoms with Crippen molar-refractivity contribution in [2.24, 2.45) is 5.10 Å². The number of amides is 1. The van der Waals surface area contributed by atoms with Gasteiger partial charge < -0.3 is 9.47 Å². The Labute approximate surface area is 206 Å². The van der Waals surface area contributed by atoms with Crippen molar-refractivity contribution in [3.05, 3.63) is 107 Å². The highest BCUT2D eigenvalue weighted by molar-refractivity contribution is 5.85. The minimum atomic E-state index is -0.0949. The Kier molecular flexibility index (Phi) is 8.12. The van der Waals surface area contributed by atoms with Crippen LogP contribution >= 0.6 is 0 Å². The lowest BCUT2D eigenvalue weighted by molar-refractivity contribution is -0.121. The van der Waals surface area contributed by atoms with Gasteiger partial charge in [0.25, 0.3) is 0 Å². The second kappa shape index (κ2) is 11.8. The van der Waals surface area contributed by atoms with Crippen LogP contribution in [0.4, 0.5) is 0 Å². The Morgan fingerprint density at radius 3 is 2.49 bits per heavy atom. The molecule has 0 spiro atoms. The van der Waals surface area contributed by atoms with Gasteiger partial charge in [0, 0.05) is 6.42 Å². The molecule has 0 aliphatic heterocycles.